The Hall–Kier alpha value is -0.830. The quantitative estimate of drug-likeness (QED) is 0.244. The van der Waals surface area contributed by atoms with Crippen molar-refractivity contribution >= 4 is 5.97 Å². The highest BCUT2D eigenvalue weighted by molar-refractivity contribution is 5.81. The molecule has 0 spiro atoms. The lowest BCUT2D eigenvalue weighted by molar-refractivity contribution is -0.316. The van der Waals surface area contributed by atoms with Crippen molar-refractivity contribution < 1.29 is 14.6 Å². The molecule has 112 valence electrons. The minimum absolute atomic E-state index is 0.433. The van der Waals surface area contributed by atoms with Crippen LogP contribution in [0.3, 0.4) is 0 Å². The van der Waals surface area contributed by atoms with Gasteiger partial charge in [0.2, 0.25) is 0 Å². The van der Waals surface area contributed by atoms with Gasteiger partial charge in [-0.15, -0.1) is 0 Å². The predicted octanol–water partition coefficient (Wildman–Crippen LogP) is 4.96. The zero-order chi connectivity index (χ0) is 14.6. The van der Waals surface area contributed by atoms with E-state index in [2.05, 4.69) is 11.8 Å². The summed E-state index contributed by atoms with van der Waals surface area (Å²) in [5.41, 5.74) is -0.456. The van der Waals surface area contributed by atoms with Crippen molar-refractivity contribution in [1.82, 2.24) is 0 Å². The summed E-state index contributed by atoms with van der Waals surface area (Å²) in [6, 6.07) is 0. The molecule has 0 bridgehead atoms. The Morgan fingerprint density at radius 2 is 1.58 bits per heavy atom. The molecule has 0 rings (SSSR count). The maximum Gasteiger partial charge on any atom is 0.365 e. The second-order valence-corrected chi connectivity index (χ2v) is 5.91. The Morgan fingerprint density at radius 1 is 1.00 bits per heavy atom. The van der Waals surface area contributed by atoms with Gasteiger partial charge in [-0.25, -0.2) is 4.79 Å². The van der Waals surface area contributed by atoms with E-state index in [4.69, 9.17) is 4.89 Å². The number of rotatable bonds is 10. The van der Waals surface area contributed by atoms with Gasteiger partial charge in [-0.3, -0.25) is 4.89 Å². The first-order valence-corrected chi connectivity index (χ1v) is 7.52. The normalized spacial score (nSPS) is 12.0. The molecule has 0 atom stereocenters. The van der Waals surface area contributed by atoms with Crippen LogP contribution in [-0.2, 0) is 14.6 Å². The molecule has 0 aromatic carbocycles. The van der Waals surface area contributed by atoms with Crippen molar-refractivity contribution in [2.75, 3.05) is 0 Å². The van der Waals surface area contributed by atoms with Crippen LogP contribution in [0.25, 0.3) is 0 Å². The fourth-order valence-electron chi connectivity index (χ4n) is 1.59. The van der Waals surface area contributed by atoms with E-state index in [1.807, 2.05) is 26.8 Å². The van der Waals surface area contributed by atoms with Crippen molar-refractivity contribution in [3.63, 3.8) is 0 Å². The van der Waals surface area contributed by atoms with E-state index >= 15 is 0 Å². The van der Waals surface area contributed by atoms with Crippen LogP contribution in [0, 0.1) is 0 Å². The van der Waals surface area contributed by atoms with Crippen LogP contribution in [0.1, 0.15) is 79.1 Å². The van der Waals surface area contributed by atoms with Crippen LogP contribution in [0.15, 0.2) is 12.2 Å². The van der Waals surface area contributed by atoms with Gasteiger partial charge in [0.1, 0.15) is 5.60 Å². The molecule has 0 N–H and O–H groups in total. The van der Waals surface area contributed by atoms with Crippen LogP contribution in [0.5, 0.6) is 0 Å². The molecule has 0 aromatic heterocycles. The largest absolute Gasteiger partial charge is 0.365 e. The minimum Gasteiger partial charge on any atom is -0.293 e. The predicted molar refractivity (Wildman–Crippen MR) is 78.7 cm³/mol. The van der Waals surface area contributed by atoms with Crippen LogP contribution in [-0.4, -0.2) is 11.6 Å². The van der Waals surface area contributed by atoms with Crippen LogP contribution < -0.4 is 0 Å². The molecule has 0 unspecified atom stereocenters. The summed E-state index contributed by atoms with van der Waals surface area (Å²) >= 11 is 0. The summed E-state index contributed by atoms with van der Waals surface area (Å²) in [4.78, 5) is 20.8. The van der Waals surface area contributed by atoms with Gasteiger partial charge in [0.15, 0.2) is 0 Å². The number of allylic oxidation sites excluding steroid dienone is 1. The number of unbranched alkanes of at least 4 members (excludes halogenated alkanes) is 7. The van der Waals surface area contributed by atoms with Gasteiger partial charge in [-0.05, 0) is 33.6 Å². The number of carbonyl (C=O) groups is 1. The molecular formula is C16H30O3. The maximum absolute atomic E-state index is 11.3. The van der Waals surface area contributed by atoms with E-state index in [0.717, 1.165) is 12.8 Å². The number of carbonyl (C=O) groups excluding carboxylic acids is 1. The number of hydrogen-bond acceptors (Lipinski definition) is 3. The molecule has 0 saturated carbocycles. The third kappa shape index (κ3) is 15.1. The SMILES string of the molecule is CCCCCCCCCC=CC(=O)OOC(C)(C)C. The van der Waals surface area contributed by atoms with E-state index in [0.29, 0.717) is 0 Å². The Balaban J connectivity index is 3.40. The summed E-state index contributed by atoms with van der Waals surface area (Å²) < 4.78 is 0. The summed E-state index contributed by atoms with van der Waals surface area (Å²) in [7, 11) is 0. The molecule has 0 heterocycles. The van der Waals surface area contributed by atoms with Crippen molar-refractivity contribution in [3.8, 4) is 0 Å². The Kier molecular flexibility index (Phi) is 10.6. The fraction of sp³-hybridized carbons (Fsp3) is 0.812. The summed E-state index contributed by atoms with van der Waals surface area (Å²) in [5, 5.41) is 0. The first-order chi connectivity index (χ1) is 8.95. The smallest absolute Gasteiger partial charge is 0.293 e. The highest BCUT2D eigenvalue weighted by atomic mass is 17.2. The lowest BCUT2D eigenvalue weighted by Crippen LogP contribution is -2.21. The van der Waals surface area contributed by atoms with E-state index in [1.54, 1.807) is 0 Å². The van der Waals surface area contributed by atoms with Gasteiger partial charge in [0.25, 0.3) is 0 Å². The second kappa shape index (κ2) is 11.0. The first-order valence-electron chi connectivity index (χ1n) is 7.52. The summed E-state index contributed by atoms with van der Waals surface area (Å²) in [6.45, 7) is 7.74. The Bertz CT molecular complexity index is 251. The van der Waals surface area contributed by atoms with Gasteiger partial charge in [0, 0.05) is 6.08 Å². The van der Waals surface area contributed by atoms with Gasteiger partial charge in [-0.2, -0.15) is 4.89 Å². The van der Waals surface area contributed by atoms with Crippen molar-refractivity contribution in [2.24, 2.45) is 0 Å². The molecule has 0 aromatic rings. The average Bonchev–Trinajstić information content (AvgIpc) is 2.33. The van der Waals surface area contributed by atoms with Gasteiger partial charge < -0.3 is 0 Å². The highest BCUT2D eigenvalue weighted by Gasteiger charge is 2.13. The average molecular weight is 270 g/mol. The van der Waals surface area contributed by atoms with E-state index in [9.17, 15) is 4.79 Å². The van der Waals surface area contributed by atoms with Gasteiger partial charge in [-0.1, -0.05) is 51.5 Å². The van der Waals surface area contributed by atoms with E-state index in [1.165, 1.54) is 44.6 Å². The van der Waals surface area contributed by atoms with E-state index in [-0.39, 0.29) is 0 Å². The van der Waals surface area contributed by atoms with Crippen LogP contribution >= 0.6 is 0 Å². The van der Waals surface area contributed by atoms with E-state index < -0.39 is 11.6 Å². The molecule has 3 heteroatoms. The second-order valence-electron chi connectivity index (χ2n) is 5.91. The molecular weight excluding hydrogens is 240 g/mol. The zero-order valence-corrected chi connectivity index (χ0v) is 13.0. The highest BCUT2D eigenvalue weighted by Crippen LogP contribution is 2.09. The number of hydrogen-bond donors (Lipinski definition) is 0. The molecule has 3 nitrogen and oxygen atoms in total. The lowest BCUT2D eigenvalue weighted by atomic mass is 10.1. The van der Waals surface area contributed by atoms with Crippen LogP contribution in [0.4, 0.5) is 0 Å². The molecule has 0 aliphatic carbocycles. The standard InChI is InChI=1S/C16H30O3/c1-5-6-7-8-9-10-11-12-13-14-15(17)18-19-16(2,3)4/h13-14H,5-12H2,1-4H3. The van der Waals surface area contributed by atoms with Crippen molar-refractivity contribution in [3.05, 3.63) is 12.2 Å². The monoisotopic (exact) mass is 270 g/mol. The molecule has 19 heavy (non-hydrogen) atoms. The van der Waals surface area contributed by atoms with Gasteiger partial charge >= 0.3 is 5.97 Å². The molecule has 0 radical (unpaired) electrons. The summed E-state index contributed by atoms with van der Waals surface area (Å²) in [5.74, 6) is -0.433. The zero-order valence-electron chi connectivity index (χ0n) is 13.0. The van der Waals surface area contributed by atoms with Gasteiger partial charge in [0.05, 0.1) is 0 Å². The molecule has 0 aliphatic heterocycles. The fourth-order valence-corrected chi connectivity index (χ4v) is 1.59. The molecule has 0 saturated heterocycles. The van der Waals surface area contributed by atoms with Crippen molar-refractivity contribution in [1.29, 1.82) is 0 Å². The summed E-state index contributed by atoms with van der Waals surface area (Å²) in [6.07, 6.45) is 13.2. The Morgan fingerprint density at radius 3 is 2.16 bits per heavy atom. The topological polar surface area (TPSA) is 35.5 Å². The third-order valence-electron chi connectivity index (χ3n) is 2.60. The third-order valence-corrected chi connectivity index (χ3v) is 2.60. The Labute approximate surface area is 118 Å². The molecule has 0 amide bonds. The minimum atomic E-state index is -0.456. The molecule has 0 aliphatic rings. The van der Waals surface area contributed by atoms with Crippen LogP contribution in [0.2, 0.25) is 0 Å². The first kappa shape index (κ1) is 18.2. The maximum atomic E-state index is 11.3. The lowest BCUT2D eigenvalue weighted by Gasteiger charge is -2.15. The van der Waals surface area contributed by atoms with Crippen molar-refractivity contribution in [2.45, 2.75) is 84.7 Å². The molecule has 0 fully saturated rings.